The molecule has 0 aromatic carbocycles. The van der Waals surface area contributed by atoms with Gasteiger partial charge in [-0.2, -0.15) is 0 Å². The number of nitrogens with zero attached hydrogens (tertiary/aromatic N) is 4. The number of rotatable bonds is 6. The fraction of sp³-hybridized carbons (Fsp3) is 0.632. The Morgan fingerprint density at radius 3 is 2.85 bits per heavy atom. The number of likely N-dealkylation sites (tertiary alicyclic amines) is 1. The van der Waals surface area contributed by atoms with Crippen molar-refractivity contribution in [3.8, 4) is 11.6 Å². The van der Waals surface area contributed by atoms with Gasteiger partial charge in [0.05, 0.1) is 24.7 Å². The van der Waals surface area contributed by atoms with Gasteiger partial charge in [-0.3, -0.25) is 9.36 Å². The maximum Gasteiger partial charge on any atom is 0.233 e. The van der Waals surface area contributed by atoms with Crippen molar-refractivity contribution in [2.45, 2.75) is 50.4 Å². The van der Waals surface area contributed by atoms with Gasteiger partial charge in [-0.25, -0.2) is 0 Å². The van der Waals surface area contributed by atoms with Gasteiger partial charge in [0.1, 0.15) is 0 Å². The molecule has 2 aliphatic heterocycles. The quantitative estimate of drug-likeness (QED) is 0.706. The third-order valence-corrected chi connectivity index (χ3v) is 6.28. The maximum absolute atomic E-state index is 12.6. The molecule has 2 saturated heterocycles. The maximum atomic E-state index is 12.6. The van der Waals surface area contributed by atoms with Gasteiger partial charge in [0.15, 0.2) is 10.9 Å². The molecule has 1 amide bonds. The third kappa shape index (κ3) is 4.38. The Morgan fingerprint density at radius 2 is 2.15 bits per heavy atom. The van der Waals surface area contributed by atoms with E-state index in [9.17, 15) is 4.79 Å². The molecule has 1 unspecified atom stereocenters. The van der Waals surface area contributed by atoms with Crippen molar-refractivity contribution in [1.29, 1.82) is 0 Å². The highest BCUT2D eigenvalue weighted by Gasteiger charge is 2.25. The first-order chi connectivity index (χ1) is 13.2. The topological polar surface area (TPSA) is 73.4 Å². The standard InChI is InChI=1S/C19H26N4O3S/c1-14-6-8-22(9-7-14)17(24)13-27-19-21-20-18(16-5-3-11-26-16)23(19)12-15-4-2-10-25-15/h3,5,11,14-15H,2,4,6-10,12-13H2,1H3. The van der Waals surface area contributed by atoms with E-state index < -0.39 is 0 Å². The molecule has 2 aromatic rings. The molecule has 8 heteroatoms. The summed E-state index contributed by atoms with van der Waals surface area (Å²) < 4.78 is 13.3. The zero-order valence-electron chi connectivity index (χ0n) is 15.7. The lowest BCUT2D eigenvalue weighted by Gasteiger charge is -2.30. The van der Waals surface area contributed by atoms with Crippen molar-refractivity contribution in [2.24, 2.45) is 5.92 Å². The van der Waals surface area contributed by atoms with Gasteiger partial charge in [-0.05, 0) is 43.7 Å². The molecule has 1 atom stereocenters. The summed E-state index contributed by atoms with van der Waals surface area (Å²) >= 11 is 1.45. The predicted molar refractivity (Wildman–Crippen MR) is 102 cm³/mol. The van der Waals surface area contributed by atoms with Gasteiger partial charge in [0.2, 0.25) is 11.7 Å². The number of ether oxygens (including phenoxy) is 1. The minimum atomic E-state index is 0.161. The van der Waals surface area contributed by atoms with Crippen molar-refractivity contribution in [2.75, 3.05) is 25.4 Å². The number of carbonyl (C=O) groups is 1. The number of aromatic nitrogens is 3. The van der Waals surface area contributed by atoms with Crippen molar-refractivity contribution in [1.82, 2.24) is 19.7 Å². The van der Waals surface area contributed by atoms with Gasteiger partial charge in [-0.15, -0.1) is 10.2 Å². The summed E-state index contributed by atoms with van der Waals surface area (Å²) in [5.41, 5.74) is 0. The van der Waals surface area contributed by atoms with E-state index in [1.165, 1.54) is 11.8 Å². The van der Waals surface area contributed by atoms with Crippen molar-refractivity contribution >= 4 is 17.7 Å². The minimum absolute atomic E-state index is 0.161. The summed E-state index contributed by atoms with van der Waals surface area (Å²) in [5.74, 6) is 2.65. The second-order valence-electron chi connectivity index (χ2n) is 7.38. The second-order valence-corrected chi connectivity index (χ2v) is 8.32. The molecule has 2 aromatic heterocycles. The molecule has 0 spiro atoms. The van der Waals surface area contributed by atoms with Crippen LogP contribution in [0.3, 0.4) is 0 Å². The lowest BCUT2D eigenvalue weighted by molar-refractivity contribution is -0.129. The highest BCUT2D eigenvalue weighted by molar-refractivity contribution is 7.99. The molecule has 0 bridgehead atoms. The van der Waals surface area contributed by atoms with E-state index in [2.05, 4.69) is 17.1 Å². The molecule has 27 heavy (non-hydrogen) atoms. The van der Waals surface area contributed by atoms with Gasteiger partial charge >= 0.3 is 0 Å². The second kappa shape index (κ2) is 8.48. The number of hydrogen-bond acceptors (Lipinski definition) is 6. The summed E-state index contributed by atoms with van der Waals surface area (Å²) in [6.45, 7) is 5.46. The smallest absolute Gasteiger partial charge is 0.233 e. The molecular weight excluding hydrogens is 364 g/mol. The molecule has 0 aliphatic carbocycles. The lowest BCUT2D eigenvalue weighted by Crippen LogP contribution is -2.38. The van der Waals surface area contributed by atoms with Crippen LogP contribution in [0, 0.1) is 5.92 Å². The number of furan rings is 1. The van der Waals surface area contributed by atoms with Gasteiger partial charge in [-0.1, -0.05) is 18.7 Å². The van der Waals surface area contributed by atoms with E-state index in [0.29, 0.717) is 29.8 Å². The van der Waals surface area contributed by atoms with Gasteiger partial charge in [0, 0.05) is 19.7 Å². The van der Waals surface area contributed by atoms with E-state index in [0.717, 1.165) is 50.5 Å². The Hall–Kier alpha value is -1.80. The summed E-state index contributed by atoms with van der Waals surface area (Å²) in [5, 5.41) is 9.40. The van der Waals surface area contributed by atoms with Crippen molar-refractivity contribution < 1.29 is 13.9 Å². The van der Waals surface area contributed by atoms with E-state index in [-0.39, 0.29) is 12.0 Å². The highest BCUT2D eigenvalue weighted by atomic mass is 32.2. The van der Waals surface area contributed by atoms with Crippen molar-refractivity contribution in [3.05, 3.63) is 18.4 Å². The molecule has 4 heterocycles. The predicted octanol–water partition coefficient (Wildman–Crippen LogP) is 3.07. The van der Waals surface area contributed by atoms with E-state index in [1.807, 2.05) is 21.6 Å². The molecule has 4 rings (SSSR count). The van der Waals surface area contributed by atoms with Crippen LogP contribution in [-0.2, 0) is 16.1 Å². The molecule has 0 N–H and O–H groups in total. The zero-order chi connectivity index (χ0) is 18.6. The fourth-order valence-corrected chi connectivity index (χ4v) is 4.47. The van der Waals surface area contributed by atoms with Crippen LogP contribution in [-0.4, -0.2) is 57.1 Å². The average Bonchev–Trinajstić information content (AvgIpc) is 3.43. The van der Waals surface area contributed by atoms with Crippen molar-refractivity contribution in [3.63, 3.8) is 0 Å². The zero-order valence-corrected chi connectivity index (χ0v) is 16.5. The van der Waals surface area contributed by atoms with E-state index >= 15 is 0 Å². The summed E-state index contributed by atoms with van der Waals surface area (Å²) in [6, 6.07) is 3.72. The number of piperidine rings is 1. The van der Waals surface area contributed by atoms with Crippen LogP contribution in [0.1, 0.15) is 32.6 Å². The Labute approximate surface area is 163 Å². The Bertz CT molecular complexity index is 747. The average molecular weight is 391 g/mol. The van der Waals surface area contributed by atoms with Crippen LogP contribution in [0.15, 0.2) is 28.0 Å². The van der Waals surface area contributed by atoms with Crippen LogP contribution >= 0.6 is 11.8 Å². The SMILES string of the molecule is CC1CCN(C(=O)CSc2nnc(-c3ccco3)n2CC2CCCO2)CC1. The van der Waals surface area contributed by atoms with Gasteiger partial charge in [0.25, 0.3) is 0 Å². The van der Waals surface area contributed by atoms with E-state index in [1.54, 1.807) is 6.26 Å². The van der Waals surface area contributed by atoms with Crippen LogP contribution in [0.25, 0.3) is 11.6 Å². The van der Waals surface area contributed by atoms with Crippen LogP contribution in [0.4, 0.5) is 0 Å². The summed E-state index contributed by atoms with van der Waals surface area (Å²) in [4.78, 5) is 14.5. The van der Waals surface area contributed by atoms with Crippen LogP contribution < -0.4 is 0 Å². The molecule has 146 valence electrons. The molecule has 7 nitrogen and oxygen atoms in total. The monoisotopic (exact) mass is 390 g/mol. The molecule has 0 saturated carbocycles. The number of amides is 1. The summed E-state index contributed by atoms with van der Waals surface area (Å²) in [7, 11) is 0. The highest BCUT2D eigenvalue weighted by Crippen LogP contribution is 2.27. The fourth-order valence-electron chi connectivity index (χ4n) is 3.62. The molecule has 2 fully saturated rings. The Morgan fingerprint density at radius 1 is 1.30 bits per heavy atom. The van der Waals surface area contributed by atoms with Crippen LogP contribution in [0.2, 0.25) is 0 Å². The molecule has 0 radical (unpaired) electrons. The number of carbonyl (C=O) groups excluding carboxylic acids is 1. The number of thioether (sulfide) groups is 1. The minimum Gasteiger partial charge on any atom is -0.461 e. The van der Waals surface area contributed by atoms with E-state index in [4.69, 9.17) is 9.15 Å². The van der Waals surface area contributed by atoms with Crippen LogP contribution in [0.5, 0.6) is 0 Å². The largest absolute Gasteiger partial charge is 0.461 e. The first-order valence-electron chi connectivity index (χ1n) is 9.70. The molecule has 2 aliphatic rings. The molecular formula is C19H26N4O3S. The lowest BCUT2D eigenvalue weighted by atomic mass is 9.99. The first kappa shape index (κ1) is 18.6. The summed E-state index contributed by atoms with van der Waals surface area (Å²) in [6.07, 6.45) is 6.09. The Kier molecular flexibility index (Phi) is 5.83. The normalized spacial score (nSPS) is 21.1. The van der Waals surface area contributed by atoms with Gasteiger partial charge < -0.3 is 14.1 Å². The third-order valence-electron chi connectivity index (χ3n) is 5.33. The Balaban J connectivity index is 1.45. The first-order valence-corrected chi connectivity index (χ1v) is 10.7. The number of hydrogen-bond donors (Lipinski definition) is 0.